The lowest BCUT2D eigenvalue weighted by Crippen LogP contribution is -2.02. The maximum Gasteiger partial charge on any atom is 0.0972 e. The highest BCUT2D eigenvalue weighted by Gasteiger charge is 2.14. The number of benzene rings is 2. The number of pyridine rings is 2. The number of aliphatic imine (C=N–C) groups is 1. The number of fused-ring (bicyclic) bond motifs is 3. The number of aromatic nitrogens is 2. The Labute approximate surface area is 172 Å². The smallest absolute Gasteiger partial charge is 0.0972 e. The summed E-state index contributed by atoms with van der Waals surface area (Å²) in [7, 11) is 0. The highest BCUT2D eigenvalue weighted by atomic mass is 14.8. The Balaban J connectivity index is 1.89. The van der Waals surface area contributed by atoms with Gasteiger partial charge in [-0.2, -0.15) is 0 Å². The van der Waals surface area contributed by atoms with Crippen molar-refractivity contribution in [3.63, 3.8) is 0 Å². The van der Waals surface area contributed by atoms with Gasteiger partial charge in [-0.25, -0.2) is 4.98 Å². The van der Waals surface area contributed by atoms with Crippen molar-refractivity contribution in [1.82, 2.24) is 9.97 Å². The van der Waals surface area contributed by atoms with E-state index in [0.717, 1.165) is 38.9 Å². The quantitative estimate of drug-likeness (QED) is 0.277. The number of hydrogen-bond acceptors (Lipinski definition) is 3. The fourth-order valence-electron chi connectivity index (χ4n) is 3.79. The van der Waals surface area contributed by atoms with E-state index in [2.05, 4.69) is 81.2 Å². The molecular weight excluding hydrogens is 354 g/mol. The molecule has 2 heterocycles. The molecule has 0 N–H and O–H groups in total. The van der Waals surface area contributed by atoms with Crippen LogP contribution in [0, 0.1) is 0 Å². The van der Waals surface area contributed by atoms with Crippen LogP contribution in [0.3, 0.4) is 0 Å². The summed E-state index contributed by atoms with van der Waals surface area (Å²) >= 11 is 0. The third-order valence-corrected chi connectivity index (χ3v) is 5.42. The third-order valence-electron chi connectivity index (χ3n) is 5.42. The van der Waals surface area contributed by atoms with E-state index in [1.807, 2.05) is 19.2 Å². The number of nitrogens with zero attached hydrogens (tertiary/aromatic N) is 3. The van der Waals surface area contributed by atoms with Crippen molar-refractivity contribution in [3.05, 3.63) is 77.6 Å². The Morgan fingerprint density at radius 1 is 0.759 bits per heavy atom. The summed E-state index contributed by atoms with van der Waals surface area (Å²) in [4.78, 5) is 14.6. The van der Waals surface area contributed by atoms with Crippen LogP contribution in [0.25, 0.3) is 21.8 Å². The van der Waals surface area contributed by atoms with Crippen LogP contribution in [-0.2, 0) is 0 Å². The zero-order valence-corrected chi connectivity index (χ0v) is 17.8. The van der Waals surface area contributed by atoms with Crippen LogP contribution in [0.5, 0.6) is 0 Å². The second kappa shape index (κ2) is 7.75. The first kappa shape index (κ1) is 19.3. The maximum absolute atomic E-state index is 5.09. The van der Waals surface area contributed by atoms with Crippen molar-refractivity contribution in [2.75, 3.05) is 0 Å². The molecule has 0 bridgehead atoms. The van der Waals surface area contributed by atoms with Crippen LogP contribution >= 0.6 is 0 Å². The van der Waals surface area contributed by atoms with Gasteiger partial charge in [-0.05, 0) is 42.0 Å². The van der Waals surface area contributed by atoms with E-state index in [4.69, 9.17) is 9.98 Å². The fourth-order valence-corrected chi connectivity index (χ4v) is 3.79. The molecule has 4 rings (SSSR count). The van der Waals surface area contributed by atoms with Crippen molar-refractivity contribution < 1.29 is 0 Å². The summed E-state index contributed by atoms with van der Waals surface area (Å²) in [6, 6.07) is 18.9. The van der Waals surface area contributed by atoms with Crippen LogP contribution in [0.1, 0.15) is 63.3 Å². The van der Waals surface area contributed by atoms with Crippen LogP contribution in [0.4, 0.5) is 5.69 Å². The molecule has 3 nitrogen and oxygen atoms in total. The molecule has 0 fully saturated rings. The number of para-hydroxylation sites is 1. The van der Waals surface area contributed by atoms with E-state index in [1.54, 1.807) is 0 Å². The van der Waals surface area contributed by atoms with Gasteiger partial charge in [0.15, 0.2) is 0 Å². The molecular formula is C26H27N3. The van der Waals surface area contributed by atoms with E-state index in [9.17, 15) is 0 Å². The summed E-state index contributed by atoms with van der Waals surface area (Å²) in [5.74, 6) is 0.830. The van der Waals surface area contributed by atoms with Gasteiger partial charge in [-0.15, -0.1) is 0 Å². The van der Waals surface area contributed by atoms with Crippen molar-refractivity contribution in [2.45, 2.75) is 46.5 Å². The Hall–Kier alpha value is -3.07. The Morgan fingerprint density at radius 2 is 1.38 bits per heavy atom. The van der Waals surface area contributed by atoms with E-state index >= 15 is 0 Å². The molecule has 0 saturated carbocycles. The molecule has 0 amide bonds. The predicted octanol–water partition coefficient (Wildman–Crippen LogP) is 7.17. The van der Waals surface area contributed by atoms with Gasteiger partial charge in [0.25, 0.3) is 0 Å². The second-order valence-corrected chi connectivity index (χ2v) is 8.20. The van der Waals surface area contributed by atoms with Crippen molar-refractivity contribution >= 4 is 33.2 Å². The van der Waals surface area contributed by atoms with E-state index in [-0.39, 0.29) is 0 Å². The first-order chi connectivity index (χ1) is 14.0. The molecule has 146 valence electrons. The average Bonchev–Trinajstić information content (AvgIpc) is 2.73. The minimum atomic E-state index is 0.415. The van der Waals surface area contributed by atoms with Gasteiger partial charge in [0.1, 0.15) is 0 Å². The zero-order valence-electron chi connectivity index (χ0n) is 17.8. The lowest BCUT2D eigenvalue weighted by Gasteiger charge is -2.17. The molecule has 29 heavy (non-hydrogen) atoms. The topological polar surface area (TPSA) is 38.1 Å². The van der Waals surface area contributed by atoms with E-state index in [1.165, 1.54) is 11.1 Å². The Morgan fingerprint density at radius 3 is 2.03 bits per heavy atom. The molecule has 0 spiro atoms. The normalized spacial score (nSPS) is 12.4. The van der Waals surface area contributed by atoms with Gasteiger partial charge in [0.2, 0.25) is 0 Å². The molecule has 2 aromatic carbocycles. The molecule has 0 unspecified atom stereocenters. The van der Waals surface area contributed by atoms with Crippen molar-refractivity contribution in [3.8, 4) is 0 Å². The minimum Gasteiger partial charge on any atom is -0.254 e. The summed E-state index contributed by atoms with van der Waals surface area (Å²) in [5, 5.41) is 2.20. The summed E-state index contributed by atoms with van der Waals surface area (Å²) < 4.78 is 0. The highest BCUT2D eigenvalue weighted by Crippen LogP contribution is 2.35. The van der Waals surface area contributed by atoms with Crippen LogP contribution in [0.2, 0.25) is 0 Å². The Kier molecular flexibility index (Phi) is 5.14. The first-order valence-electron chi connectivity index (χ1n) is 10.3. The summed E-state index contributed by atoms with van der Waals surface area (Å²) in [6.07, 6.45) is 1.82. The summed E-state index contributed by atoms with van der Waals surface area (Å²) in [6.45, 7) is 10.9. The van der Waals surface area contributed by atoms with Crippen LogP contribution in [0.15, 0.2) is 65.8 Å². The molecule has 0 aliphatic rings. The van der Waals surface area contributed by atoms with Crippen molar-refractivity contribution in [2.24, 2.45) is 4.99 Å². The lowest BCUT2D eigenvalue weighted by molar-refractivity contribution is 0.834. The largest absolute Gasteiger partial charge is 0.254 e. The lowest BCUT2D eigenvalue weighted by atomic mass is 9.93. The van der Waals surface area contributed by atoms with Gasteiger partial charge >= 0.3 is 0 Å². The molecule has 4 aromatic rings. The second-order valence-electron chi connectivity index (χ2n) is 8.20. The van der Waals surface area contributed by atoms with Gasteiger partial charge in [0.05, 0.1) is 28.1 Å². The maximum atomic E-state index is 5.09. The number of hydrogen-bond donors (Lipinski definition) is 0. The molecule has 3 heteroatoms. The first-order valence-corrected chi connectivity index (χ1v) is 10.3. The van der Waals surface area contributed by atoms with E-state index < -0.39 is 0 Å². The van der Waals surface area contributed by atoms with Crippen LogP contribution < -0.4 is 0 Å². The Bertz CT molecular complexity index is 1190. The monoisotopic (exact) mass is 381 g/mol. The van der Waals surface area contributed by atoms with E-state index in [0.29, 0.717) is 11.8 Å². The fraction of sp³-hybridized carbons (Fsp3) is 0.269. The SMILES string of the molecule is C/C(=N\c1c(C(C)C)cccc1C(C)C)c1ccc2ccc3cccnc3c2n1. The third kappa shape index (κ3) is 3.65. The standard InChI is InChI=1S/C26H27N3/c1-16(2)21-9-6-10-22(17(3)4)26(21)28-18(5)23-14-13-20-12-11-19-8-7-15-27-24(19)25(20)29-23/h6-17H,1-5H3/b28-18+. The molecule has 0 radical (unpaired) electrons. The van der Waals surface area contributed by atoms with Gasteiger partial charge < -0.3 is 0 Å². The predicted molar refractivity (Wildman–Crippen MR) is 124 cm³/mol. The summed E-state index contributed by atoms with van der Waals surface area (Å²) in [5.41, 5.74) is 7.33. The highest BCUT2D eigenvalue weighted by molar-refractivity contribution is 6.06. The number of rotatable bonds is 4. The minimum absolute atomic E-state index is 0.415. The zero-order chi connectivity index (χ0) is 20.5. The average molecular weight is 382 g/mol. The van der Waals surface area contributed by atoms with Gasteiger partial charge in [-0.1, -0.05) is 70.2 Å². The van der Waals surface area contributed by atoms with Gasteiger partial charge in [-0.3, -0.25) is 9.98 Å². The molecule has 0 saturated heterocycles. The molecule has 0 aliphatic heterocycles. The van der Waals surface area contributed by atoms with Crippen molar-refractivity contribution in [1.29, 1.82) is 0 Å². The molecule has 0 atom stereocenters. The molecule has 2 aromatic heterocycles. The van der Waals surface area contributed by atoms with Gasteiger partial charge in [0, 0.05) is 17.0 Å². The van der Waals surface area contributed by atoms with Crippen LogP contribution in [-0.4, -0.2) is 15.7 Å². The molecule has 0 aliphatic carbocycles.